The molecule has 0 unspecified atom stereocenters. The Labute approximate surface area is 162 Å². The van der Waals surface area contributed by atoms with Crippen LogP contribution in [0.2, 0.25) is 0 Å². The van der Waals surface area contributed by atoms with E-state index in [0.717, 1.165) is 10.9 Å². The standard InChI is InChI=1S/C21H19NO5S/c23-19(17-12-22-18-9-5-4-8-16(17)18)20(14-6-2-1-3-7-14)27-21(24)15-10-11-28(25,26)13-15/h1-9,12,15,20,22H,10-11,13H2/t15-,20-/m0/s1. The first-order valence-corrected chi connectivity index (χ1v) is 10.8. The van der Waals surface area contributed by atoms with Crippen molar-refractivity contribution in [2.45, 2.75) is 12.5 Å². The molecule has 3 aromatic rings. The summed E-state index contributed by atoms with van der Waals surface area (Å²) in [6.07, 6.45) is 0.706. The van der Waals surface area contributed by atoms with Gasteiger partial charge in [0.15, 0.2) is 15.9 Å². The highest BCUT2D eigenvalue weighted by molar-refractivity contribution is 7.91. The van der Waals surface area contributed by atoms with E-state index < -0.39 is 27.8 Å². The molecular weight excluding hydrogens is 378 g/mol. The van der Waals surface area contributed by atoms with Gasteiger partial charge in [-0.3, -0.25) is 9.59 Å². The molecule has 28 heavy (non-hydrogen) atoms. The number of aromatic nitrogens is 1. The van der Waals surface area contributed by atoms with Gasteiger partial charge in [-0.05, 0) is 12.5 Å². The molecule has 1 aliphatic rings. The molecule has 2 atom stereocenters. The molecule has 144 valence electrons. The molecule has 1 fully saturated rings. The van der Waals surface area contributed by atoms with E-state index in [9.17, 15) is 18.0 Å². The number of fused-ring (bicyclic) bond motifs is 1. The third-order valence-corrected chi connectivity index (χ3v) is 6.76. The zero-order valence-corrected chi connectivity index (χ0v) is 15.8. The minimum atomic E-state index is -3.22. The van der Waals surface area contributed by atoms with E-state index in [-0.39, 0.29) is 23.7 Å². The average molecular weight is 397 g/mol. The SMILES string of the molecule is O=C(O[C@H](C(=O)c1c[nH]c2ccccc12)c1ccccc1)[C@H]1CCS(=O)(=O)C1. The molecule has 0 radical (unpaired) electrons. The number of aromatic amines is 1. The van der Waals surface area contributed by atoms with Crippen molar-refractivity contribution in [3.05, 3.63) is 71.9 Å². The summed E-state index contributed by atoms with van der Waals surface area (Å²) < 4.78 is 29.0. The van der Waals surface area contributed by atoms with Gasteiger partial charge >= 0.3 is 5.97 Å². The zero-order chi connectivity index (χ0) is 19.7. The molecular formula is C21H19NO5S. The average Bonchev–Trinajstić information content (AvgIpc) is 3.29. The lowest BCUT2D eigenvalue weighted by Crippen LogP contribution is -2.25. The maximum absolute atomic E-state index is 13.3. The Morgan fingerprint density at radius 3 is 2.46 bits per heavy atom. The van der Waals surface area contributed by atoms with Crippen LogP contribution in [0.15, 0.2) is 60.8 Å². The summed E-state index contributed by atoms with van der Waals surface area (Å²) in [7, 11) is -3.22. The largest absolute Gasteiger partial charge is 0.449 e. The molecule has 0 amide bonds. The Kier molecular flexibility index (Phi) is 4.77. The Morgan fingerprint density at radius 1 is 1.04 bits per heavy atom. The maximum Gasteiger partial charge on any atom is 0.311 e. The van der Waals surface area contributed by atoms with Crippen LogP contribution in [-0.2, 0) is 19.4 Å². The number of ether oxygens (including phenoxy) is 1. The molecule has 2 aromatic carbocycles. The molecule has 1 aliphatic heterocycles. The molecule has 6 nitrogen and oxygen atoms in total. The van der Waals surface area contributed by atoms with Gasteiger partial charge in [-0.25, -0.2) is 8.42 Å². The minimum Gasteiger partial charge on any atom is -0.449 e. The van der Waals surface area contributed by atoms with Crippen molar-refractivity contribution in [3.63, 3.8) is 0 Å². The number of carbonyl (C=O) groups is 2. The maximum atomic E-state index is 13.3. The van der Waals surface area contributed by atoms with Crippen LogP contribution >= 0.6 is 0 Å². The Balaban J connectivity index is 1.66. The van der Waals surface area contributed by atoms with Crippen LogP contribution in [0.4, 0.5) is 0 Å². The van der Waals surface area contributed by atoms with Gasteiger partial charge in [-0.15, -0.1) is 0 Å². The molecule has 2 heterocycles. The van der Waals surface area contributed by atoms with Gasteiger partial charge in [-0.1, -0.05) is 48.5 Å². The zero-order valence-electron chi connectivity index (χ0n) is 15.0. The number of Topliss-reactive ketones (excluding diaryl/α,β-unsaturated/α-hetero) is 1. The number of carbonyl (C=O) groups excluding carboxylic acids is 2. The van der Waals surface area contributed by atoms with E-state index in [1.165, 1.54) is 0 Å². The van der Waals surface area contributed by atoms with Crippen LogP contribution in [0.25, 0.3) is 10.9 Å². The molecule has 4 rings (SSSR count). The first-order valence-electron chi connectivity index (χ1n) is 9.01. The number of esters is 1. The Hall–Kier alpha value is -2.93. The first kappa shape index (κ1) is 18.4. The summed E-state index contributed by atoms with van der Waals surface area (Å²) in [5, 5.41) is 0.743. The monoisotopic (exact) mass is 397 g/mol. The summed E-state index contributed by atoms with van der Waals surface area (Å²) in [5.74, 6) is -1.98. The molecule has 0 spiro atoms. The van der Waals surface area contributed by atoms with Gasteiger partial charge in [0.1, 0.15) is 0 Å². The van der Waals surface area contributed by atoms with Gasteiger partial charge in [0.05, 0.1) is 17.4 Å². The summed E-state index contributed by atoms with van der Waals surface area (Å²) >= 11 is 0. The molecule has 1 N–H and O–H groups in total. The second-order valence-corrected chi connectivity index (χ2v) is 9.17. The number of ketones is 1. The van der Waals surface area contributed by atoms with E-state index in [0.29, 0.717) is 11.1 Å². The van der Waals surface area contributed by atoms with E-state index in [1.807, 2.05) is 30.3 Å². The van der Waals surface area contributed by atoms with Gasteiger partial charge in [-0.2, -0.15) is 0 Å². The summed E-state index contributed by atoms with van der Waals surface area (Å²) in [4.78, 5) is 28.9. The van der Waals surface area contributed by atoms with Gasteiger partial charge in [0.2, 0.25) is 5.78 Å². The molecule has 1 saturated heterocycles. The molecule has 0 bridgehead atoms. The number of benzene rings is 2. The van der Waals surface area contributed by atoms with Crippen LogP contribution in [0.5, 0.6) is 0 Å². The Morgan fingerprint density at radius 2 is 1.75 bits per heavy atom. The molecule has 7 heteroatoms. The van der Waals surface area contributed by atoms with Gasteiger partial charge < -0.3 is 9.72 Å². The van der Waals surface area contributed by atoms with Crippen molar-refractivity contribution in [2.24, 2.45) is 5.92 Å². The fraction of sp³-hybridized carbons (Fsp3) is 0.238. The Bertz CT molecular complexity index is 1130. The predicted octanol–water partition coefficient (Wildman–Crippen LogP) is 3.07. The smallest absolute Gasteiger partial charge is 0.311 e. The minimum absolute atomic E-state index is 0.0286. The third kappa shape index (κ3) is 3.57. The molecule has 0 saturated carbocycles. The summed E-state index contributed by atoms with van der Waals surface area (Å²) in [6, 6.07) is 16.2. The van der Waals surface area contributed by atoms with Crippen molar-refractivity contribution < 1.29 is 22.7 Å². The second kappa shape index (κ2) is 7.24. The number of sulfone groups is 1. The second-order valence-electron chi connectivity index (χ2n) is 6.94. The summed E-state index contributed by atoms with van der Waals surface area (Å²) in [5.41, 5.74) is 1.79. The van der Waals surface area contributed by atoms with Crippen molar-refractivity contribution in [1.29, 1.82) is 0 Å². The van der Waals surface area contributed by atoms with E-state index in [2.05, 4.69) is 4.98 Å². The lowest BCUT2D eigenvalue weighted by atomic mass is 9.99. The number of hydrogen-bond acceptors (Lipinski definition) is 5. The lowest BCUT2D eigenvalue weighted by molar-refractivity contribution is -0.151. The van der Waals surface area contributed by atoms with Crippen LogP contribution < -0.4 is 0 Å². The quantitative estimate of drug-likeness (QED) is 0.528. The van der Waals surface area contributed by atoms with Crippen molar-refractivity contribution in [1.82, 2.24) is 4.98 Å². The van der Waals surface area contributed by atoms with Gasteiger partial charge in [0, 0.05) is 28.2 Å². The number of para-hydroxylation sites is 1. The van der Waals surface area contributed by atoms with Crippen molar-refractivity contribution in [3.8, 4) is 0 Å². The van der Waals surface area contributed by atoms with E-state index >= 15 is 0 Å². The fourth-order valence-electron chi connectivity index (χ4n) is 3.51. The topological polar surface area (TPSA) is 93.3 Å². The fourth-order valence-corrected chi connectivity index (χ4v) is 5.24. The molecule has 0 aliphatic carbocycles. The highest BCUT2D eigenvalue weighted by Crippen LogP contribution is 2.29. The van der Waals surface area contributed by atoms with Crippen LogP contribution in [-0.4, -0.2) is 36.7 Å². The number of hydrogen-bond donors (Lipinski definition) is 1. The lowest BCUT2D eigenvalue weighted by Gasteiger charge is -2.19. The van der Waals surface area contributed by atoms with E-state index in [1.54, 1.807) is 30.5 Å². The predicted molar refractivity (Wildman–Crippen MR) is 105 cm³/mol. The van der Waals surface area contributed by atoms with Crippen LogP contribution in [0.3, 0.4) is 0 Å². The third-order valence-electron chi connectivity index (χ3n) is 4.99. The van der Waals surface area contributed by atoms with Crippen molar-refractivity contribution in [2.75, 3.05) is 11.5 Å². The highest BCUT2D eigenvalue weighted by atomic mass is 32.2. The summed E-state index contributed by atoms with van der Waals surface area (Å²) in [6.45, 7) is 0. The van der Waals surface area contributed by atoms with Gasteiger partial charge in [0.25, 0.3) is 0 Å². The highest BCUT2D eigenvalue weighted by Gasteiger charge is 2.37. The first-order chi connectivity index (χ1) is 13.4. The van der Waals surface area contributed by atoms with Crippen molar-refractivity contribution >= 4 is 32.5 Å². The molecule has 1 aromatic heterocycles. The number of rotatable bonds is 5. The van der Waals surface area contributed by atoms with Crippen LogP contribution in [0.1, 0.15) is 28.4 Å². The normalized spacial score (nSPS) is 19.4. The number of H-pyrrole nitrogens is 1. The number of nitrogens with one attached hydrogen (secondary N) is 1. The van der Waals surface area contributed by atoms with Crippen LogP contribution in [0, 0.1) is 5.92 Å². The van der Waals surface area contributed by atoms with E-state index in [4.69, 9.17) is 4.74 Å².